The second-order valence-electron chi connectivity index (χ2n) is 5.40. The second-order valence-corrected chi connectivity index (χ2v) is 6.43. The maximum atomic E-state index is 12.0. The van der Waals surface area contributed by atoms with Gasteiger partial charge in [0.1, 0.15) is 5.75 Å². The average molecular weight is 381 g/mol. The smallest absolute Gasteiger partial charge is 0.338 e. The van der Waals surface area contributed by atoms with Crippen molar-refractivity contribution in [2.24, 2.45) is 0 Å². The summed E-state index contributed by atoms with van der Waals surface area (Å²) in [5.41, 5.74) is 1.45. The zero-order valence-electron chi connectivity index (χ0n) is 14.4. The lowest BCUT2D eigenvalue weighted by Gasteiger charge is -2.04. The van der Waals surface area contributed by atoms with Crippen molar-refractivity contribution in [2.75, 3.05) is 18.5 Å². The van der Waals surface area contributed by atoms with Gasteiger partial charge in [0.2, 0.25) is 0 Å². The molecule has 136 valence electrons. The zero-order chi connectivity index (χ0) is 19.2. The van der Waals surface area contributed by atoms with Crippen molar-refractivity contribution in [3.63, 3.8) is 0 Å². The molecule has 2 aromatic carbocycles. The number of rotatable bonds is 6. The highest BCUT2D eigenvalue weighted by Gasteiger charge is 2.12. The van der Waals surface area contributed by atoms with Crippen LogP contribution in [0.2, 0.25) is 0 Å². The molecule has 1 heterocycles. The third kappa shape index (κ3) is 4.59. The lowest BCUT2D eigenvalue weighted by atomic mass is 10.1. The van der Waals surface area contributed by atoms with E-state index in [0.717, 1.165) is 16.0 Å². The number of aromatic nitrogens is 1. The maximum absolute atomic E-state index is 12.0. The highest BCUT2D eigenvalue weighted by atomic mass is 32.1. The summed E-state index contributed by atoms with van der Waals surface area (Å²) in [6.07, 6.45) is 0. The van der Waals surface area contributed by atoms with Gasteiger partial charge in [-0.15, -0.1) is 0 Å². The van der Waals surface area contributed by atoms with Crippen molar-refractivity contribution >= 4 is 38.6 Å². The molecule has 0 unspecified atom stereocenters. The number of hydrogen-bond acceptors (Lipinski definition) is 7. The van der Waals surface area contributed by atoms with E-state index < -0.39 is 18.5 Å². The number of benzene rings is 2. The number of nitrogens with one attached hydrogen (secondary N) is 1. The summed E-state index contributed by atoms with van der Waals surface area (Å²) < 4.78 is 11.3. The van der Waals surface area contributed by atoms with Crippen LogP contribution in [0.3, 0.4) is 0 Å². The molecule has 1 amide bonds. The van der Waals surface area contributed by atoms with E-state index in [1.54, 1.807) is 0 Å². The van der Waals surface area contributed by atoms with Crippen LogP contribution in [0.5, 0.6) is 5.75 Å². The van der Waals surface area contributed by atoms with Crippen molar-refractivity contribution in [2.45, 2.75) is 6.92 Å². The van der Waals surface area contributed by atoms with Crippen LogP contribution in [0.4, 0.5) is 5.13 Å². The first-order valence-electron chi connectivity index (χ1n) is 8.09. The third-order valence-corrected chi connectivity index (χ3v) is 4.43. The summed E-state index contributed by atoms with van der Waals surface area (Å²) in [5, 5.41) is 11.8. The van der Waals surface area contributed by atoms with Gasteiger partial charge in [0.05, 0.1) is 34.0 Å². The normalized spacial score (nSPS) is 10.2. The number of ether oxygens (including phenoxy) is 2. The van der Waals surface area contributed by atoms with Crippen molar-refractivity contribution in [3.05, 3.63) is 53.6 Å². The molecule has 0 bridgehead atoms. The van der Waals surface area contributed by atoms with Gasteiger partial charge < -0.3 is 9.47 Å². The summed E-state index contributed by atoms with van der Waals surface area (Å²) in [6, 6.07) is 13.4. The molecule has 1 aromatic heterocycles. The van der Waals surface area contributed by atoms with Gasteiger partial charge in [-0.25, -0.2) is 9.78 Å². The summed E-state index contributed by atoms with van der Waals surface area (Å²) in [6.45, 7) is 2.04. The minimum Gasteiger partial charge on any atom is -0.494 e. The number of anilines is 1. The molecular formula is C19H15N3O4S. The Kier molecular flexibility index (Phi) is 5.64. The van der Waals surface area contributed by atoms with E-state index in [-0.39, 0.29) is 5.56 Å². The lowest BCUT2D eigenvalue weighted by molar-refractivity contribution is -0.119. The Labute approximate surface area is 159 Å². The Balaban J connectivity index is 1.57. The van der Waals surface area contributed by atoms with Crippen LogP contribution in [0.25, 0.3) is 10.2 Å². The molecule has 0 saturated heterocycles. The van der Waals surface area contributed by atoms with Gasteiger partial charge in [-0.1, -0.05) is 11.3 Å². The molecule has 0 atom stereocenters. The Morgan fingerprint density at radius 3 is 2.70 bits per heavy atom. The molecule has 0 aliphatic carbocycles. The van der Waals surface area contributed by atoms with Crippen LogP contribution in [-0.4, -0.2) is 30.1 Å². The van der Waals surface area contributed by atoms with Crippen molar-refractivity contribution in [3.8, 4) is 11.8 Å². The number of hydrogen-bond donors (Lipinski definition) is 1. The van der Waals surface area contributed by atoms with E-state index in [9.17, 15) is 9.59 Å². The largest absolute Gasteiger partial charge is 0.494 e. The number of nitrogens with zero attached hydrogens (tertiary/aromatic N) is 2. The van der Waals surface area contributed by atoms with Gasteiger partial charge >= 0.3 is 5.97 Å². The maximum Gasteiger partial charge on any atom is 0.338 e. The molecule has 3 rings (SSSR count). The molecule has 27 heavy (non-hydrogen) atoms. The van der Waals surface area contributed by atoms with Crippen molar-refractivity contribution < 1.29 is 19.1 Å². The molecular weight excluding hydrogens is 366 g/mol. The van der Waals surface area contributed by atoms with E-state index in [1.165, 1.54) is 35.6 Å². The number of carbonyl (C=O) groups excluding carboxylic acids is 2. The summed E-state index contributed by atoms with van der Waals surface area (Å²) >= 11 is 1.31. The number of amides is 1. The predicted molar refractivity (Wildman–Crippen MR) is 101 cm³/mol. The van der Waals surface area contributed by atoms with Gasteiger partial charge in [0.15, 0.2) is 11.7 Å². The van der Waals surface area contributed by atoms with Crippen LogP contribution in [0.15, 0.2) is 42.5 Å². The number of esters is 1. The van der Waals surface area contributed by atoms with Gasteiger partial charge in [-0.2, -0.15) is 5.26 Å². The molecule has 0 spiro atoms. The monoisotopic (exact) mass is 381 g/mol. The van der Waals surface area contributed by atoms with Crippen LogP contribution < -0.4 is 10.1 Å². The Bertz CT molecular complexity index is 1020. The van der Waals surface area contributed by atoms with E-state index in [4.69, 9.17) is 14.7 Å². The van der Waals surface area contributed by atoms with Gasteiger partial charge in [0.25, 0.3) is 5.91 Å². The number of fused-ring (bicyclic) bond motifs is 1. The standard InChI is InChI=1S/C19H15N3O4S/c1-2-25-14-7-8-15-16(9-14)27-19(21-15)22-17(23)11-26-18(24)13-5-3-12(10-20)4-6-13/h3-9H,2,11H2,1H3,(H,21,22,23). The molecule has 1 N–H and O–H groups in total. The average Bonchev–Trinajstić information content (AvgIpc) is 3.08. The highest BCUT2D eigenvalue weighted by Crippen LogP contribution is 2.29. The fourth-order valence-electron chi connectivity index (χ4n) is 2.27. The SMILES string of the molecule is CCOc1ccc2nc(NC(=O)COC(=O)c3ccc(C#N)cc3)sc2c1. The molecule has 3 aromatic rings. The molecule has 8 heteroatoms. The first-order chi connectivity index (χ1) is 13.1. The zero-order valence-corrected chi connectivity index (χ0v) is 15.2. The van der Waals surface area contributed by atoms with Crippen molar-refractivity contribution in [1.29, 1.82) is 5.26 Å². The molecule has 0 fully saturated rings. The molecule has 0 aliphatic heterocycles. The molecule has 0 radical (unpaired) electrons. The number of carbonyl (C=O) groups is 2. The molecule has 0 aliphatic rings. The van der Waals surface area contributed by atoms with Gasteiger partial charge in [-0.3, -0.25) is 10.1 Å². The Morgan fingerprint density at radius 2 is 2.00 bits per heavy atom. The summed E-state index contributed by atoms with van der Waals surface area (Å²) in [4.78, 5) is 28.3. The van der Waals surface area contributed by atoms with E-state index in [0.29, 0.717) is 17.3 Å². The summed E-state index contributed by atoms with van der Waals surface area (Å²) in [5.74, 6) is -0.385. The lowest BCUT2D eigenvalue weighted by Crippen LogP contribution is -2.20. The van der Waals surface area contributed by atoms with Crippen LogP contribution >= 0.6 is 11.3 Å². The molecule has 0 saturated carbocycles. The Hall–Kier alpha value is -3.44. The number of thiazole rings is 1. The predicted octanol–water partition coefficient (Wildman–Crippen LogP) is 3.36. The summed E-state index contributed by atoms with van der Waals surface area (Å²) in [7, 11) is 0. The van der Waals surface area contributed by atoms with Gasteiger partial charge in [0, 0.05) is 0 Å². The van der Waals surface area contributed by atoms with Crippen LogP contribution in [0.1, 0.15) is 22.8 Å². The first-order valence-corrected chi connectivity index (χ1v) is 8.91. The van der Waals surface area contributed by atoms with Crippen LogP contribution in [0, 0.1) is 11.3 Å². The molecule has 7 nitrogen and oxygen atoms in total. The topological polar surface area (TPSA) is 101 Å². The van der Waals surface area contributed by atoms with E-state index in [1.807, 2.05) is 31.2 Å². The first kappa shape index (κ1) is 18.4. The fraction of sp³-hybridized carbons (Fsp3) is 0.158. The fourth-order valence-corrected chi connectivity index (χ4v) is 3.18. The minimum absolute atomic E-state index is 0.269. The van der Waals surface area contributed by atoms with E-state index >= 15 is 0 Å². The van der Waals surface area contributed by atoms with Crippen LogP contribution in [-0.2, 0) is 9.53 Å². The number of nitriles is 1. The highest BCUT2D eigenvalue weighted by molar-refractivity contribution is 7.22. The van der Waals surface area contributed by atoms with Gasteiger partial charge in [-0.05, 0) is 49.4 Å². The second kappa shape index (κ2) is 8.29. The minimum atomic E-state index is -0.639. The Morgan fingerprint density at radius 1 is 1.22 bits per heavy atom. The quantitative estimate of drug-likeness (QED) is 0.657. The van der Waals surface area contributed by atoms with E-state index in [2.05, 4.69) is 10.3 Å². The third-order valence-electron chi connectivity index (χ3n) is 3.50. The van der Waals surface area contributed by atoms with Crippen molar-refractivity contribution in [1.82, 2.24) is 4.98 Å².